The van der Waals surface area contributed by atoms with Crippen molar-refractivity contribution in [3.8, 4) is 0 Å². The van der Waals surface area contributed by atoms with Gasteiger partial charge in [-0.2, -0.15) is 0 Å². The van der Waals surface area contributed by atoms with E-state index in [9.17, 15) is 4.79 Å². The molecule has 0 amide bonds. The topological polar surface area (TPSA) is 17.1 Å². The first-order valence-corrected chi connectivity index (χ1v) is 5.44. The van der Waals surface area contributed by atoms with Crippen LogP contribution in [0.2, 0.25) is 0 Å². The van der Waals surface area contributed by atoms with Gasteiger partial charge in [0.1, 0.15) is 0 Å². The van der Waals surface area contributed by atoms with Crippen LogP contribution in [0.3, 0.4) is 0 Å². The van der Waals surface area contributed by atoms with Gasteiger partial charge in [-0.3, -0.25) is 4.79 Å². The third kappa shape index (κ3) is 2.41. The molecule has 0 saturated carbocycles. The number of carbonyl (C=O) groups excluding carboxylic acids is 1. The van der Waals surface area contributed by atoms with E-state index in [1.807, 2.05) is 32.0 Å². The third-order valence-electron chi connectivity index (χ3n) is 2.08. The van der Waals surface area contributed by atoms with E-state index in [0.29, 0.717) is 6.42 Å². The molecule has 1 aromatic rings. The summed E-state index contributed by atoms with van der Waals surface area (Å²) in [6.07, 6.45) is 0.575. The maximum atomic E-state index is 11.7. The molecule has 0 aromatic heterocycles. The fourth-order valence-electron chi connectivity index (χ4n) is 1.47. The molecular formula is C11H13BrO. The van der Waals surface area contributed by atoms with Gasteiger partial charge in [-0.05, 0) is 25.0 Å². The number of carbonyl (C=O) groups is 1. The van der Waals surface area contributed by atoms with Crippen molar-refractivity contribution < 1.29 is 4.79 Å². The average molecular weight is 241 g/mol. The summed E-state index contributed by atoms with van der Waals surface area (Å²) >= 11 is 3.28. The molecule has 0 N–H and O–H groups in total. The van der Waals surface area contributed by atoms with E-state index >= 15 is 0 Å². The molecule has 0 radical (unpaired) electrons. The van der Waals surface area contributed by atoms with E-state index in [2.05, 4.69) is 15.9 Å². The summed E-state index contributed by atoms with van der Waals surface area (Å²) < 4.78 is 0. The lowest BCUT2D eigenvalue weighted by Gasteiger charge is -2.06. The molecule has 1 rings (SSSR count). The minimum Gasteiger partial charge on any atom is -0.294 e. The van der Waals surface area contributed by atoms with Crippen LogP contribution in [0, 0.1) is 13.8 Å². The molecule has 13 heavy (non-hydrogen) atoms. The fourth-order valence-corrected chi connectivity index (χ4v) is 1.83. The number of rotatable bonds is 3. The van der Waals surface area contributed by atoms with E-state index in [1.54, 1.807) is 0 Å². The molecule has 0 aliphatic carbocycles. The first-order chi connectivity index (χ1) is 6.16. The van der Waals surface area contributed by atoms with Crippen molar-refractivity contribution >= 4 is 21.7 Å². The number of Topliss-reactive ketones (excluding diaryl/α,β-unsaturated/α-hetero) is 1. The van der Waals surface area contributed by atoms with Crippen molar-refractivity contribution in [1.82, 2.24) is 0 Å². The van der Waals surface area contributed by atoms with Crippen molar-refractivity contribution in [3.05, 3.63) is 34.9 Å². The Morgan fingerprint density at radius 2 is 1.85 bits per heavy atom. The Bertz CT molecular complexity index is 298. The normalized spacial score (nSPS) is 10.1. The Balaban J connectivity index is 3.05. The number of aryl methyl sites for hydroxylation is 2. The van der Waals surface area contributed by atoms with Crippen molar-refractivity contribution in [2.75, 3.05) is 5.33 Å². The molecule has 0 aliphatic heterocycles. The summed E-state index contributed by atoms with van der Waals surface area (Å²) in [6.45, 7) is 3.96. The number of benzene rings is 1. The van der Waals surface area contributed by atoms with Crippen molar-refractivity contribution in [2.45, 2.75) is 20.3 Å². The van der Waals surface area contributed by atoms with Crippen LogP contribution < -0.4 is 0 Å². The highest BCUT2D eigenvalue weighted by atomic mass is 79.9. The van der Waals surface area contributed by atoms with Crippen LogP contribution in [-0.4, -0.2) is 11.1 Å². The van der Waals surface area contributed by atoms with E-state index < -0.39 is 0 Å². The number of halogens is 1. The molecule has 0 unspecified atom stereocenters. The zero-order chi connectivity index (χ0) is 9.84. The molecule has 1 aromatic carbocycles. The second-order valence-electron chi connectivity index (χ2n) is 3.13. The van der Waals surface area contributed by atoms with E-state index in [-0.39, 0.29) is 5.78 Å². The van der Waals surface area contributed by atoms with Gasteiger partial charge in [0, 0.05) is 17.3 Å². The highest BCUT2D eigenvalue weighted by Crippen LogP contribution is 2.15. The van der Waals surface area contributed by atoms with Crippen LogP contribution in [0.1, 0.15) is 27.9 Å². The standard InChI is InChI=1S/C11H13BrO/c1-8-4-3-5-9(2)11(8)10(13)6-7-12/h3-5H,6-7H2,1-2H3. The SMILES string of the molecule is Cc1cccc(C)c1C(=O)CCBr. The lowest BCUT2D eigenvalue weighted by molar-refractivity contribution is 0.0988. The number of hydrogen-bond acceptors (Lipinski definition) is 1. The number of alkyl halides is 1. The first-order valence-electron chi connectivity index (χ1n) is 4.32. The number of ketones is 1. The molecule has 0 saturated heterocycles. The maximum Gasteiger partial charge on any atom is 0.164 e. The van der Waals surface area contributed by atoms with Crippen molar-refractivity contribution in [1.29, 1.82) is 0 Å². The Kier molecular flexibility index (Phi) is 3.67. The predicted molar refractivity (Wildman–Crippen MR) is 58.7 cm³/mol. The van der Waals surface area contributed by atoms with Crippen molar-refractivity contribution in [3.63, 3.8) is 0 Å². The summed E-state index contributed by atoms with van der Waals surface area (Å²) in [4.78, 5) is 11.7. The second kappa shape index (κ2) is 4.56. The second-order valence-corrected chi connectivity index (χ2v) is 3.92. The summed E-state index contributed by atoms with van der Waals surface area (Å²) in [5.74, 6) is 0.229. The Hall–Kier alpha value is -0.630. The van der Waals surface area contributed by atoms with E-state index in [4.69, 9.17) is 0 Å². The molecule has 2 heteroatoms. The molecule has 1 nitrogen and oxygen atoms in total. The Labute approximate surface area is 87.3 Å². The smallest absolute Gasteiger partial charge is 0.164 e. The van der Waals surface area contributed by atoms with Crippen LogP contribution >= 0.6 is 15.9 Å². The fraction of sp³-hybridized carbons (Fsp3) is 0.364. The first kappa shape index (κ1) is 10.5. The van der Waals surface area contributed by atoms with Gasteiger partial charge in [0.15, 0.2) is 5.78 Å². The Morgan fingerprint density at radius 1 is 1.31 bits per heavy atom. The van der Waals surface area contributed by atoms with Crippen LogP contribution in [0.5, 0.6) is 0 Å². The third-order valence-corrected chi connectivity index (χ3v) is 2.48. The van der Waals surface area contributed by atoms with Gasteiger partial charge in [0.25, 0.3) is 0 Å². The highest BCUT2D eigenvalue weighted by Gasteiger charge is 2.10. The lowest BCUT2D eigenvalue weighted by atomic mass is 9.98. The summed E-state index contributed by atoms with van der Waals surface area (Å²) in [5, 5.41) is 0.736. The molecule has 0 spiro atoms. The van der Waals surface area contributed by atoms with Crippen LogP contribution in [0.25, 0.3) is 0 Å². The molecule has 70 valence electrons. The Morgan fingerprint density at radius 3 is 2.31 bits per heavy atom. The average Bonchev–Trinajstić information content (AvgIpc) is 2.04. The minimum absolute atomic E-state index is 0.229. The lowest BCUT2D eigenvalue weighted by Crippen LogP contribution is -2.04. The zero-order valence-corrected chi connectivity index (χ0v) is 9.52. The molecular weight excluding hydrogens is 228 g/mol. The van der Waals surface area contributed by atoms with E-state index in [1.165, 1.54) is 0 Å². The van der Waals surface area contributed by atoms with Gasteiger partial charge >= 0.3 is 0 Å². The quantitative estimate of drug-likeness (QED) is 0.586. The molecule has 0 aliphatic rings. The van der Waals surface area contributed by atoms with Gasteiger partial charge in [-0.1, -0.05) is 34.1 Å². The maximum absolute atomic E-state index is 11.7. The predicted octanol–water partition coefficient (Wildman–Crippen LogP) is 3.27. The molecule has 0 fully saturated rings. The van der Waals surface area contributed by atoms with Crippen LogP contribution in [-0.2, 0) is 0 Å². The van der Waals surface area contributed by atoms with Crippen molar-refractivity contribution in [2.24, 2.45) is 0 Å². The summed E-state index contributed by atoms with van der Waals surface area (Å²) in [5.41, 5.74) is 3.04. The highest BCUT2D eigenvalue weighted by molar-refractivity contribution is 9.09. The summed E-state index contributed by atoms with van der Waals surface area (Å²) in [6, 6.07) is 5.94. The zero-order valence-electron chi connectivity index (χ0n) is 7.93. The van der Waals surface area contributed by atoms with Gasteiger partial charge in [-0.25, -0.2) is 0 Å². The molecule has 0 heterocycles. The minimum atomic E-state index is 0.229. The van der Waals surface area contributed by atoms with Gasteiger partial charge in [0.2, 0.25) is 0 Å². The van der Waals surface area contributed by atoms with Gasteiger partial charge in [0.05, 0.1) is 0 Å². The van der Waals surface area contributed by atoms with E-state index in [0.717, 1.165) is 22.0 Å². The van der Waals surface area contributed by atoms with Gasteiger partial charge < -0.3 is 0 Å². The van der Waals surface area contributed by atoms with Crippen LogP contribution in [0.4, 0.5) is 0 Å². The summed E-state index contributed by atoms with van der Waals surface area (Å²) in [7, 11) is 0. The molecule has 0 atom stereocenters. The van der Waals surface area contributed by atoms with Gasteiger partial charge in [-0.15, -0.1) is 0 Å². The molecule has 0 bridgehead atoms. The van der Waals surface area contributed by atoms with Crippen LogP contribution in [0.15, 0.2) is 18.2 Å². The largest absolute Gasteiger partial charge is 0.294 e. The monoisotopic (exact) mass is 240 g/mol. The number of hydrogen-bond donors (Lipinski definition) is 0.